The van der Waals surface area contributed by atoms with Crippen molar-refractivity contribution in [3.05, 3.63) is 20.3 Å². The number of hydrogen-bond donors (Lipinski definition) is 3. The van der Waals surface area contributed by atoms with Crippen LogP contribution < -0.4 is 11.4 Å². The number of anilines is 1. The summed E-state index contributed by atoms with van der Waals surface area (Å²) in [6.45, 7) is -0.369. The number of aliphatic hydroxyl groups excluding tert-OH is 2. The second-order valence-electron chi connectivity index (χ2n) is 4.10. The Kier molecular flexibility index (Phi) is 4.40. The Balaban J connectivity index is 2.41. The normalized spacial score (nSPS) is 30.7. The van der Waals surface area contributed by atoms with Gasteiger partial charge in [0.1, 0.15) is 24.1 Å². The quantitative estimate of drug-likeness (QED) is 0.555. The molecule has 0 radical (unpaired) electrons. The second kappa shape index (κ2) is 5.71. The Morgan fingerprint density at radius 3 is 2.95 bits per heavy atom. The number of nitrogens with two attached hydrogens (primary N) is 1. The molecule has 4 atom stereocenters. The van der Waals surface area contributed by atoms with Gasteiger partial charge >= 0.3 is 5.69 Å². The Hall–Kier alpha value is -0.750. The van der Waals surface area contributed by atoms with Crippen molar-refractivity contribution in [1.82, 2.24) is 9.55 Å². The van der Waals surface area contributed by atoms with Crippen LogP contribution in [-0.2, 0) is 9.47 Å². The summed E-state index contributed by atoms with van der Waals surface area (Å²) >= 11 is 1.94. The van der Waals surface area contributed by atoms with E-state index >= 15 is 0 Å². The molecule has 2 heterocycles. The molecule has 1 aliphatic heterocycles. The Bertz CT molecular complexity index is 522. The lowest BCUT2D eigenvalue weighted by Crippen LogP contribution is -2.37. The van der Waals surface area contributed by atoms with Crippen LogP contribution >= 0.6 is 22.6 Å². The summed E-state index contributed by atoms with van der Waals surface area (Å²) in [6.07, 6.45) is -1.98. The number of halogens is 1. The van der Waals surface area contributed by atoms with Crippen molar-refractivity contribution in [2.75, 3.05) is 19.5 Å². The smallest absolute Gasteiger partial charge is 0.351 e. The molecule has 0 aliphatic carbocycles. The standard InChI is InChI=1S/C10H14IN3O5/c1-18-7-6(16)5(3-15)19-9(7)14-2-4(11)8(12)13-10(14)17/h2,5-7,9,15-16H,3H2,1H3,(H2,12,13,17)/t5-,6-,7-,9-/m1/s1. The minimum absolute atomic E-state index is 0.132. The zero-order valence-electron chi connectivity index (χ0n) is 10.1. The van der Waals surface area contributed by atoms with Gasteiger partial charge < -0.3 is 25.4 Å². The van der Waals surface area contributed by atoms with E-state index in [2.05, 4.69) is 4.98 Å². The fourth-order valence-electron chi connectivity index (χ4n) is 1.99. The molecule has 1 aromatic heterocycles. The lowest BCUT2D eigenvalue weighted by Gasteiger charge is -2.20. The minimum Gasteiger partial charge on any atom is -0.394 e. The highest BCUT2D eigenvalue weighted by Gasteiger charge is 2.45. The molecule has 1 aliphatic rings. The van der Waals surface area contributed by atoms with Crippen molar-refractivity contribution in [2.24, 2.45) is 0 Å². The van der Waals surface area contributed by atoms with E-state index in [1.54, 1.807) is 0 Å². The number of hydrogen-bond acceptors (Lipinski definition) is 7. The topological polar surface area (TPSA) is 120 Å². The SMILES string of the molecule is CO[C@@H]1[C@H](O)[C@@H](CO)O[C@H]1n1cc(I)c(N)nc1=O. The van der Waals surface area contributed by atoms with Crippen molar-refractivity contribution in [2.45, 2.75) is 24.5 Å². The van der Waals surface area contributed by atoms with E-state index in [9.17, 15) is 9.90 Å². The van der Waals surface area contributed by atoms with E-state index in [1.807, 2.05) is 22.6 Å². The summed E-state index contributed by atoms with van der Waals surface area (Å²) in [4.78, 5) is 15.5. The van der Waals surface area contributed by atoms with Crippen LogP contribution in [0.5, 0.6) is 0 Å². The molecule has 1 saturated heterocycles. The van der Waals surface area contributed by atoms with E-state index in [0.29, 0.717) is 3.57 Å². The Labute approximate surface area is 122 Å². The first-order valence-electron chi connectivity index (χ1n) is 5.51. The maximum absolute atomic E-state index is 11.8. The first kappa shape index (κ1) is 14.7. The number of methoxy groups -OCH3 is 1. The molecule has 2 rings (SSSR count). The lowest BCUT2D eigenvalue weighted by molar-refractivity contribution is -0.0625. The monoisotopic (exact) mass is 383 g/mol. The minimum atomic E-state index is -1.03. The van der Waals surface area contributed by atoms with Crippen LogP contribution in [0.25, 0.3) is 0 Å². The van der Waals surface area contributed by atoms with Gasteiger partial charge in [0, 0.05) is 13.3 Å². The van der Waals surface area contributed by atoms with Crippen molar-refractivity contribution >= 4 is 28.4 Å². The van der Waals surface area contributed by atoms with Gasteiger partial charge in [-0.2, -0.15) is 4.98 Å². The van der Waals surface area contributed by atoms with Crippen LogP contribution in [-0.4, -0.2) is 51.8 Å². The van der Waals surface area contributed by atoms with E-state index in [4.69, 9.17) is 20.3 Å². The van der Waals surface area contributed by atoms with Gasteiger partial charge in [-0.3, -0.25) is 4.57 Å². The predicted molar refractivity (Wildman–Crippen MR) is 73.4 cm³/mol. The molecule has 4 N–H and O–H groups in total. The highest BCUT2D eigenvalue weighted by Crippen LogP contribution is 2.30. The fraction of sp³-hybridized carbons (Fsp3) is 0.600. The predicted octanol–water partition coefficient (Wildman–Crippen LogP) is -1.30. The van der Waals surface area contributed by atoms with Crippen LogP contribution in [0.4, 0.5) is 5.82 Å². The molecule has 8 nitrogen and oxygen atoms in total. The molecule has 106 valence electrons. The summed E-state index contributed by atoms with van der Waals surface area (Å²) in [5.74, 6) is 0.132. The zero-order valence-corrected chi connectivity index (χ0v) is 12.2. The number of nitrogen functional groups attached to an aromatic ring is 1. The largest absolute Gasteiger partial charge is 0.394 e. The maximum Gasteiger partial charge on any atom is 0.351 e. The number of aliphatic hydroxyl groups is 2. The van der Waals surface area contributed by atoms with E-state index in [-0.39, 0.29) is 12.4 Å². The molecule has 0 spiro atoms. The summed E-state index contributed by atoms with van der Waals surface area (Å²) in [5, 5.41) is 19.0. The van der Waals surface area contributed by atoms with E-state index in [1.165, 1.54) is 17.9 Å². The van der Waals surface area contributed by atoms with Crippen molar-refractivity contribution in [1.29, 1.82) is 0 Å². The molecule has 0 bridgehead atoms. The van der Waals surface area contributed by atoms with Gasteiger partial charge in [-0.15, -0.1) is 0 Å². The maximum atomic E-state index is 11.8. The summed E-state index contributed by atoms with van der Waals surface area (Å²) in [7, 11) is 1.39. The van der Waals surface area contributed by atoms with Crippen molar-refractivity contribution < 1.29 is 19.7 Å². The third-order valence-electron chi connectivity index (χ3n) is 2.97. The summed E-state index contributed by atoms with van der Waals surface area (Å²) in [5.41, 5.74) is 4.94. The molecular weight excluding hydrogens is 369 g/mol. The highest BCUT2D eigenvalue weighted by molar-refractivity contribution is 14.1. The molecule has 1 aromatic rings. The van der Waals surface area contributed by atoms with E-state index < -0.39 is 30.2 Å². The van der Waals surface area contributed by atoms with Crippen molar-refractivity contribution in [3.63, 3.8) is 0 Å². The van der Waals surface area contributed by atoms with Crippen LogP contribution in [0.3, 0.4) is 0 Å². The lowest BCUT2D eigenvalue weighted by atomic mass is 10.1. The number of ether oxygens (including phenoxy) is 2. The van der Waals surface area contributed by atoms with Gasteiger partial charge in [-0.25, -0.2) is 4.79 Å². The van der Waals surface area contributed by atoms with Crippen LogP contribution in [0.2, 0.25) is 0 Å². The number of rotatable bonds is 3. The van der Waals surface area contributed by atoms with Gasteiger partial charge in [0.05, 0.1) is 10.2 Å². The molecular formula is C10H14IN3O5. The number of aromatic nitrogens is 2. The Morgan fingerprint density at radius 2 is 2.37 bits per heavy atom. The molecule has 0 aromatic carbocycles. The fourth-order valence-corrected chi connectivity index (χ4v) is 2.41. The average Bonchev–Trinajstić information content (AvgIpc) is 2.70. The summed E-state index contributed by atoms with van der Waals surface area (Å²) < 4.78 is 12.4. The summed E-state index contributed by atoms with van der Waals surface area (Å²) in [6, 6.07) is 0. The van der Waals surface area contributed by atoms with Gasteiger partial charge in [0.25, 0.3) is 0 Å². The third kappa shape index (κ3) is 2.60. The van der Waals surface area contributed by atoms with Gasteiger partial charge in [0.15, 0.2) is 6.23 Å². The first-order valence-corrected chi connectivity index (χ1v) is 6.58. The third-order valence-corrected chi connectivity index (χ3v) is 3.80. The number of nitrogens with zero attached hydrogens (tertiary/aromatic N) is 2. The van der Waals surface area contributed by atoms with Crippen LogP contribution in [0.1, 0.15) is 6.23 Å². The molecule has 19 heavy (non-hydrogen) atoms. The zero-order chi connectivity index (χ0) is 14.2. The van der Waals surface area contributed by atoms with Crippen LogP contribution in [0.15, 0.2) is 11.0 Å². The second-order valence-corrected chi connectivity index (χ2v) is 5.26. The molecule has 0 amide bonds. The van der Waals surface area contributed by atoms with Gasteiger partial charge in [-0.1, -0.05) is 0 Å². The molecule has 0 unspecified atom stereocenters. The molecule has 0 saturated carbocycles. The Morgan fingerprint density at radius 1 is 1.68 bits per heavy atom. The van der Waals surface area contributed by atoms with Crippen molar-refractivity contribution in [3.8, 4) is 0 Å². The van der Waals surface area contributed by atoms with Gasteiger partial charge in [0.2, 0.25) is 0 Å². The van der Waals surface area contributed by atoms with Crippen LogP contribution in [0, 0.1) is 3.57 Å². The first-order chi connectivity index (χ1) is 8.99. The average molecular weight is 383 g/mol. The molecule has 9 heteroatoms. The molecule has 1 fully saturated rings. The highest BCUT2D eigenvalue weighted by atomic mass is 127. The van der Waals surface area contributed by atoms with Gasteiger partial charge in [-0.05, 0) is 22.6 Å². The van der Waals surface area contributed by atoms with E-state index in [0.717, 1.165) is 0 Å².